The first-order valence-corrected chi connectivity index (χ1v) is 7.90. The van der Waals surface area contributed by atoms with Crippen LogP contribution in [-0.2, 0) is 9.84 Å². The average molecular weight is 294 g/mol. The Labute approximate surface area is 117 Å². The largest absolute Gasteiger partial charge is 0.494 e. The van der Waals surface area contributed by atoms with Gasteiger partial charge in [-0.15, -0.1) is 0 Å². The fraction of sp³-hybridized carbons (Fsp3) is 0.200. The summed E-state index contributed by atoms with van der Waals surface area (Å²) in [7, 11) is -3.60. The van der Waals surface area contributed by atoms with Crippen LogP contribution in [0.15, 0.2) is 59.5 Å². The molecule has 0 saturated heterocycles. The molecule has 0 N–H and O–H groups in total. The molecule has 0 aliphatic rings. The molecule has 106 valence electrons. The van der Waals surface area contributed by atoms with E-state index in [1.54, 1.807) is 12.1 Å². The summed E-state index contributed by atoms with van der Waals surface area (Å²) in [6.45, 7) is 0.275. The summed E-state index contributed by atoms with van der Waals surface area (Å²) in [6.07, 6.45) is 0.311. The van der Waals surface area contributed by atoms with Crippen LogP contribution in [0.3, 0.4) is 0 Å². The van der Waals surface area contributed by atoms with E-state index in [1.165, 1.54) is 18.2 Å². The predicted octanol–water partition coefficient (Wildman–Crippen LogP) is 3.07. The van der Waals surface area contributed by atoms with Gasteiger partial charge in [-0.2, -0.15) is 0 Å². The van der Waals surface area contributed by atoms with E-state index in [0.29, 0.717) is 12.2 Å². The van der Waals surface area contributed by atoms with Crippen molar-refractivity contribution in [1.82, 2.24) is 0 Å². The highest BCUT2D eigenvalue weighted by Gasteiger charge is 2.18. The highest BCUT2D eigenvalue weighted by atomic mass is 32.2. The second-order valence-corrected chi connectivity index (χ2v) is 6.34. The number of rotatable bonds is 6. The molecule has 0 bridgehead atoms. The second kappa shape index (κ2) is 6.52. The minimum Gasteiger partial charge on any atom is -0.494 e. The zero-order valence-corrected chi connectivity index (χ0v) is 11.6. The normalized spacial score (nSPS) is 11.2. The maximum Gasteiger partial charge on any atom is 0.181 e. The van der Waals surface area contributed by atoms with Crippen molar-refractivity contribution >= 4 is 9.84 Å². The molecule has 2 aromatic rings. The summed E-state index contributed by atoms with van der Waals surface area (Å²) in [6, 6.07) is 14.5. The van der Waals surface area contributed by atoms with Gasteiger partial charge in [0.2, 0.25) is 0 Å². The molecule has 3 nitrogen and oxygen atoms in total. The van der Waals surface area contributed by atoms with Gasteiger partial charge in [0, 0.05) is 0 Å². The highest BCUT2D eigenvalue weighted by Crippen LogP contribution is 2.16. The van der Waals surface area contributed by atoms with Crippen LogP contribution in [0.2, 0.25) is 0 Å². The number of hydrogen-bond donors (Lipinski definition) is 0. The lowest BCUT2D eigenvalue weighted by Gasteiger charge is -2.07. The molecule has 20 heavy (non-hydrogen) atoms. The summed E-state index contributed by atoms with van der Waals surface area (Å²) in [5.74, 6) is -0.159. The number of para-hydroxylation sites is 1. The van der Waals surface area contributed by atoms with Gasteiger partial charge in [0.15, 0.2) is 9.84 Å². The molecule has 2 rings (SSSR count). The van der Waals surface area contributed by atoms with Crippen molar-refractivity contribution in [2.45, 2.75) is 11.3 Å². The number of hydrogen-bond acceptors (Lipinski definition) is 3. The van der Waals surface area contributed by atoms with E-state index in [-0.39, 0.29) is 17.3 Å². The van der Waals surface area contributed by atoms with E-state index >= 15 is 0 Å². The third kappa shape index (κ3) is 3.81. The molecular formula is C15H15FO3S. The summed E-state index contributed by atoms with van der Waals surface area (Å²) in [5, 5.41) is 0. The van der Waals surface area contributed by atoms with E-state index in [1.807, 2.05) is 18.2 Å². The fourth-order valence-corrected chi connectivity index (χ4v) is 3.13. The summed E-state index contributed by atoms with van der Waals surface area (Å²) in [5.41, 5.74) is 0. The number of ether oxygens (including phenoxy) is 1. The maximum absolute atomic E-state index is 13.4. The third-order valence-corrected chi connectivity index (χ3v) is 4.57. The van der Waals surface area contributed by atoms with E-state index < -0.39 is 15.7 Å². The van der Waals surface area contributed by atoms with Crippen molar-refractivity contribution in [2.24, 2.45) is 0 Å². The first kappa shape index (κ1) is 14.5. The van der Waals surface area contributed by atoms with E-state index in [0.717, 1.165) is 6.07 Å². The Balaban J connectivity index is 1.89. The van der Waals surface area contributed by atoms with Crippen molar-refractivity contribution in [2.75, 3.05) is 12.4 Å². The number of halogens is 1. The second-order valence-electron chi connectivity index (χ2n) is 4.26. The van der Waals surface area contributed by atoms with Gasteiger partial charge in [0.1, 0.15) is 16.5 Å². The molecular weight excluding hydrogens is 279 g/mol. The summed E-state index contributed by atoms with van der Waals surface area (Å²) < 4.78 is 42.8. The van der Waals surface area contributed by atoms with Crippen molar-refractivity contribution in [3.05, 3.63) is 60.4 Å². The molecule has 0 atom stereocenters. The number of benzene rings is 2. The monoisotopic (exact) mass is 294 g/mol. The fourth-order valence-electron chi connectivity index (χ4n) is 1.76. The smallest absolute Gasteiger partial charge is 0.181 e. The molecule has 0 heterocycles. The minimum atomic E-state index is -3.60. The van der Waals surface area contributed by atoms with Crippen LogP contribution in [0.5, 0.6) is 5.75 Å². The van der Waals surface area contributed by atoms with Gasteiger partial charge in [-0.3, -0.25) is 0 Å². The van der Waals surface area contributed by atoms with Crippen LogP contribution >= 0.6 is 0 Å². The van der Waals surface area contributed by atoms with Crippen LogP contribution in [0.1, 0.15) is 6.42 Å². The lowest BCUT2D eigenvalue weighted by molar-refractivity contribution is 0.317. The van der Waals surface area contributed by atoms with Gasteiger partial charge < -0.3 is 4.74 Å². The first-order chi connectivity index (χ1) is 9.59. The van der Waals surface area contributed by atoms with Crippen molar-refractivity contribution in [1.29, 1.82) is 0 Å². The summed E-state index contributed by atoms with van der Waals surface area (Å²) >= 11 is 0. The summed E-state index contributed by atoms with van der Waals surface area (Å²) in [4.78, 5) is -0.250. The molecule has 0 fully saturated rings. The topological polar surface area (TPSA) is 43.4 Å². The molecule has 0 amide bonds. The molecule has 2 aromatic carbocycles. The molecule has 5 heteroatoms. The first-order valence-electron chi connectivity index (χ1n) is 6.25. The van der Waals surface area contributed by atoms with Crippen LogP contribution in [0.25, 0.3) is 0 Å². The van der Waals surface area contributed by atoms with Gasteiger partial charge in [-0.05, 0) is 30.7 Å². The Bertz CT molecular complexity index is 654. The minimum absolute atomic E-state index is 0.138. The van der Waals surface area contributed by atoms with Crippen LogP contribution < -0.4 is 4.74 Å². The molecule has 0 aliphatic heterocycles. The quantitative estimate of drug-likeness (QED) is 0.769. The molecule has 0 radical (unpaired) electrons. The van der Waals surface area contributed by atoms with Crippen molar-refractivity contribution < 1.29 is 17.5 Å². The zero-order chi connectivity index (χ0) is 14.4. The lowest BCUT2D eigenvalue weighted by atomic mass is 10.3. The van der Waals surface area contributed by atoms with Crippen LogP contribution in [0.4, 0.5) is 4.39 Å². The Morgan fingerprint density at radius 1 is 0.950 bits per heavy atom. The Morgan fingerprint density at radius 2 is 1.60 bits per heavy atom. The average Bonchev–Trinajstić information content (AvgIpc) is 2.45. The van der Waals surface area contributed by atoms with Crippen LogP contribution in [-0.4, -0.2) is 20.8 Å². The van der Waals surface area contributed by atoms with Gasteiger partial charge in [-0.25, -0.2) is 12.8 Å². The Morgan fingerprint density at radius 3 is 2.30 bits per heavy atom. The third-order valence-electron chi connectivity index (χ3n) is 2.74. The van der Waals surface area contributed by atoms with Gasteiger partial charge in [-0.1, -0.05) is 30.3 Å². The van der Waals surface area contributed by atoms with E-state index in [4.69, 9.17) is 4.74 Å². The van der Waals surface area contributed by atoms with Crippen molar-refractivity contribution in [3.8, 4) is 5.75 Å². The molecule has 0 unspecified atom stereocenters. The zero-order valence-electron chi connectivity index (χ0n) is 10.8. The molecule has 0 aromatic heterocycles. The maximum atomic E-state index is 13.4. The SMILES string of the molecule is O=S(=O)(CCCOc1ccccc1)c1ccccc1F. The standard InChI is InChI=1S/C15H15FO3S/c16-14-9-4-5-10-15(14)20(17,18)12-6-11-19-13-7-2-1-3-8-13/h1-5,7-10H,6,11-12H2. The van der Waals surface area contributed by atoms with Crippen molar-refractivity contribution in [3.63, 3.8) is 0 Å². The molecule has 0 saturated carbocycles. The molecule has 0 spiro atoms. The van der Waals surface area contributed by atoms with Gasteiger partial charge in [0.05, 0.1) is 12.4 Å². The Hall–Kier alpha value is -1.88. The molecule has 0 aliphatic carbocycles. The van der Waals surface area contributed by atoms with Crippen LogP contribution in [0, 0.1) is 5.82 Å². The predicted molar refractivity (Wildman–Crippen MR) is 75.0 cm³/mol. The van der Waals surface area contributed by atoms with Gasteiger partial charge in [0.25, 0.3) is 0 Å². The lowest BCUT2D eigenvalue weighted by Crippen LogP contribution is -2.12. The van der Waals surface area contributed by atoms with E-state index in [2.05, 4.69) is 0 Å². The number of sulfone groups is 1. The Kier molecular flexibility index (Phi) is 4.74. The highest BCUT2D eigenvalue weighted by molar-refractivity contribution is 7.91. The van der Waals surface area contributed by atoms with Gasteiger partial charge >= 0.3 is 0 Å². The van der Waals surface area contributed by atoms with E-state index in [9.17, 15) is 12.8 Å².